The summed E-state index contributed by atoms with van der Waals surface area (Å²) in [6.07, 6.45) is 8.28. The van der Waals surface area contributed by atoms with Crippen LogP contribution in [0.25, 0.3) is 0 Å². The Balaban J connectivity index is 2.75. The van der Waals surface area contributed by atoms with E-state index < -0.39 is 0 Å². The van der Waals surface area contributed by atoms with Crippen LogP contribution < -0.4 is 0 Å². The van der Waals surface area contributed by atoms with Crippen LogP contribution in [0, 0.1) is 17.8 Å². The van der Waals surface area contributed by atoms with Crippen molar-refractivity contribution < 1.29 is 9.53 Å². The summed E-state index contributed by atoms with van der Waals surface area (Å²) >= 11 is 0. The largest absolute Gasteiger partial charge is 0.459 e. The highest BCUT2D eigenvalue weighted by atomic mass is 16.6. The molecule has 1 rings (SSSR count). The van der Waals surface area contributed by atoms with Gasteiger partial charge in [-0.2, -0.15) is 0 Å². The number of ether oxygens (including phenoxy) is 1. The van der Waals surface area contributed by atoms with E-state index in [0.717, 1.165) is 24.7 Å². The average Bonchev–Trinajstić information content (AvgIpc) is 2.38. The molecular weight excluding hydrogens is 236 g/mol. The lowest BCUT2D eigenvalue weighted by Gasteiger charge is -2.44. The summed E-state index contributed by atoms with van der Waals surface area (Å²) in [5.74, 6) is 2.08. The molecule has 3 unspecified atom stereocenters. The van der Waals surface area contributed by atoms with Gasteiger partial charge in [-0.05, 0) is 49.9 Å². The van der Waals surface area contributed by atoms with Crippen molar-refractivity contribution in [2.75, 3.05) is 0 Å². The summed E-state index contributed by atoms with van der Waals surface area (Å²) in [7, 11) is 0. The Bertz CT molecular complexity index is 281. The summed E-state index contributed by atoms with van der Waals surface area (Å²) in [5.41, 5.74) is -0.211. The molecule has 2 heteroatoms. The predicted molar refractivity (Wildman–Crippen MR) is 80.0 cm³/mol. The van der Waals surface area contributed by atoms with Crippen LogP contribution in [0.15, 0.2) is 0 Å². The minimum atomic E-state index is -0.211. The molecule has 1 saturated carbocycles. The highest BCUT2D eigenvalue weighted by Gasteiger charge is 2.42. The summed E-state index contributed by atoms with van der Waals surface area (Å²) in [5, 5.41) is 0. The third-order valence-corrected chi connectivity index (χ3v) is 5.29. The fraction of sp³-hybridized carbons (Fsp3) is 0.941. The van der Waals surface area contributed by atoms with E-state index in [1.54, 1.807) is 6.92 Å². The topological polar surface area (TPSA) is 26.3 Å². The molecule has 0 aromatic heterocycles. The van der Waals surface area contributed by atoms with Gasteiger partial charge in [0.15, 0.2) is 0 Å². The Morgan fingerprint density at radius 2 is 1.84 bits per heavy atom. The first-order valence-electron chi connectivity index (χ1n) is 8.18. The van der Waals surface area contributed by atoms with Crippen molar-refractivity contribution in [2.24, 2.45) is 17.8 Å². The molecule has 0 heterocycles. The first-order valence-corrected chi connectivity index (χ1v) is 8.18. The Morgan fingerprint density at radius 1 is 1.21 bits per heavy atom. The molecule has 0 bridgehead atoms. The molecule has 112 valence electrons. The second kappa shape index (κ2) is 7.31. The van der Waals surface area contributed by atoms with E-state index in [1.165, 1.54) is 32.1 Å². The van der Waals surface area contributed by atoms with E-state index in [9.17, 15) is 4.79 Å². The molecule has 0 amide bonds. The number of carbonyl (C=O) groups excluding carboxylic acids is 1. The fourth-order valence-electron chi connectivity index (χ4n) is 4.08. The quantitative estimate of drug-likeness (QED) is 0.636. The number of hydrogen-bond donors (Lipinski definition) is 0. The van der Waals surface area contributed by atoms with Gasteiger partial charge in [0.1, 0.15) is 5.60 Å². The highest BCUT2D eigenvalue weighted by molar-refractivity contribution is 5.66. The molecule has 1 aliphatic carbocycles. The Kier molecular flexibility index (Phi) is 6.35. The van der Waals surface area contributed by atoms with E-state index in [2.05, 4.69) is 27.7 Å². The molecule has 2 nitrogen and oxygen atoms in total. The van der Waals surface area contributed by atoms with Gasteiger partial charge in [-0.1, -0.05) is 40.5 Å². The van der Waals surface area contributed by atoms with Crippen LogP contribution >= 0.6 is 0 Å². The second-order valence-electron chi connectivity index (χ2n) is 6.40. The fourth-order valence-corrected chi connectivity index (χ4v) is 4.08. The zero-order valence-corrected chi connectivity index (χ0v) is 13.5. The molecular formula is C17H32O2. The number of carbonyl (C=O) groups is 1. The third-order valence-electron chi connectivity index (χ3n) is 5.29. The number of hydrogen-bond acceptors (Lipinski definition) is 2. The first-order chi connectivity index (χ1) is 8.99. The SMILES string of the molecule is CCCC1CCC(C(CC)(CC)OC(C)=O)CC1C. The molecule has 0 aromatic carbocycles. The third kappa shape index (κ3) is 3.97. The molecule has 1 aliphatic rings. The minimum Gasteiger partial charge on any atom is -0.459 e. The van der Waals surface area contributed by atoms with Gasteiger partial charge in [-0.15, -0.1) is 0 Å². The van der Waals surface area contributed by atoms with Gasteiger partial charge < -0.3 is 4.74 Å². The number of rotatable bonds is 6. The van der Waals surface area contributed by atoms with Gasteiger partial charge in [0, 0.05) is 6.92 Å². The molecule has 0 radical (unpaired) electrons. The Labute approximate surface area is 119 Å². The van der Waals surface area contributed by atoms with E-state index in [1.807, 2.05) is 0 Å². The standard InChI is InChI=1S/C17H32O2/c1-6-9-15-10-11-16(12-13(15)4)17(7-2,8-3)19-14(5)18/h13,15-16H,6-12H2,1-5H3. The molecule has 0 aliphatic heterocycles. The molecule has 1 fully saturated rings. The normalized spacial score (nSPS) is 28.2. The summed E-state index contributed by atoms with van der Waals surface area (Å²) in [6, 6.07) is 0. The lowest BCUT2D eigenvalue weighted by Crippen LogP contribution is -2.44. The van der Waals surface area contributed by atoms with Crippen molar-refractivity contribution in [3.8, 4) is 0 Å². The van der Waals surface area contributed by atoms with Crippen LogP contribution in [0.4, 0.5) is 0 Å². The molecule has 0 N–H and O–H groups in total. The van der Waals surface area contributed by atoms with Crippen molar-refractivity contribution in [3.05, 3.63) is 0 Å². The maximum Gasteiger partial charge on any atom is 0.303 e. The van der Waals surface area contributed by atoms with Crippen LogP contribution in [-0.2, 0) is 9.53 Å². The molecule has 0 aromatic rings. The minimum absolute atomic E-state index is 0.118. The highest BCUT2D eigenvalue weighted by Crippen LogP contribution is 2.44. The first kappa shape index (κ1) is 16.5. The average molecular weight is 268 g/mol. The van der Waals surface area contributed by atoms with E-state index >= 15 is 0 Å². The molecule has 0 saturated heterocycles. The maximum atomic E-state index is 11.4. The van der Waals surface area contributed by atoms with Crippen LogP contribution in [-0.4, -0.2) is 11.6 Å². The van der Waals surface area contributed by atoms with Gasteiger partial charge in [-0.25, -0.2) is 0 Å². The van der Waals surface area contributed by atoms with Crippen molar-refractivity contribution in [3.63, 3.8) is 0 Å². The lowest BCUT2D eigenvalue weighted by atomic mass is 9.66. The number of esters is 1. The lowest BCUT2D eigenvalue weighted by molar-refractivity contribution is -0.168. The van der Waals surface area contributed by atoms with Gasteiger partial charge in [0.25, 0.3) is 0 Å². The van der Waals surface area contributed by atoms with Crippen molar-refractivity contribution in [1.82, 2.24) is 0 Å². The van der Waals surface area contributed by atoms with Crippen LogP contribution in [0.1, 0.15) is 79.6 Å². The molecule has 3 atom stereocenters. The van der Waals surface area contributed by atoms with Crippen LogP contribution in [0.3, 0.4) is 0 Å². The monoisotopic (exact) mass is 268 g/mol. The summed E-state index contributed by atoms with van der Waals surface area (Å²) in [4.78, 5) is 11.4. The summed E-state index contributed by atoms with van der Waals surface area (Å²) < 4.78 is 5.78. The van der Waals surface area contributed by atoms with Gasteiger partial charge in [0.2, 0.25) is 0 Å². The van der Waals surface area contributed by atoms with Crippen molar-refractivity contribution >= 4 is 5.97 Å². The Morgan fingerprint density at radius 3 is 2.26 bits per heavy atom. The molecule has 0 spiro atoms. The second-order valence-corrected chi connectivity index (χ2v) is 6.40. The van der Waals surface area contributed by atoms with Crippen molar-refractivity contribution in [1.29, 1.82) is 0 Å². The van der Waals surface area contributed by atoms with Gasteiger partial charge in [-0.3, -0.25) is 4.79 Å². The van der Waals surface area contributed by atoms with Crippen LogP contribution in [0.2, 0.25) is 0 Å². The molecule has 19 heavy (non-hydrogen) atoms. The van der Waals surface area contributed by atoms with E-state index in [0.29, 0.717) is 5.92 Å². The summed E-state index contributed by atoms with van der Waals surface area (Å²) in [6.45, 7) is 10.5. The van der Waals surface area contributed by atoms with E-state index in [4.69, 9.17) is 4.74 Å². The van der Waals surface area contributed by atoms with Crippen molar-refractivity contribution in [2.45, 2.75) is 85.2 Å². The van der Waals surface area contributed by atoms with E-state index in [-0.39, 0.29) is 11.6 Å². The Hall–Kier alpha value is -0.530. The zero-order chi connectivity index (χ0) is 14.5. The van der Waals surface area contributed by atoms with Gasteiger partial charge >= 0.3 is 5.97 Å². The zero-order valence-electron chi connectivity index (χ0n) is 13.5. The predicted octanol–water partition coefficient (Wildman–Crippen LogP) is 4.96. The van der Waals surface area contributed by atoms with Crippen LogP contribution in [0.5, 0.6) is 0 Å². The maximum absolute atomic E-state index is 11.4. The van der Waals surface area contributed by atoms with Gasteiger partial charge in [0.05, 0.1) is 0 Å². The smallest absolute Gasteiger partial charge is 0.303 e.